The lowest BCUT2D eigenvalue weighted by atomic mass is 9.92. The summed E-state index contributed by atoms with van der Waals surface area (Å²) in [6.07, 6.45) is -1.70. The smallest absolute Gasteiger partial charge is 0.383 e. The molecule has 0 aliphatic heterocycles. The summed E-state index contributed by atoms with van der Waals surface area (Å²) in [4.78, 5) is 16.9. The third-order valence-corrected chi connectivity index (χ3v) is 5.93. The SMILES string of the molecule is C[C@@H](CCC(=O)c1ccc2c(-c3ccc(C(F)(F)F)cc3)cccc2c1)c1cccnc1N. The molecule has 0 spiro atoms. The maximum Gasteiger partial charge on any atom is 0.416 e. The summed E-state index contributed by atoms with van der Waals surface area (Å²) in [5.41, 5.74) is 8.32. The fourth-order valence-electron chi connectivity index (χ4n) is 4.04. The Balaban J connectivity index is 1.54. The highest BCUT2D eigenvalue weighted by atomic mass is 19.4. The first-order valence-corrected chi connectivity index (χ1v) is 10.7. The highest BCUT2D eigenvalue weighted by molar-refractivity contribution is 6.03. The van der Waals surface area contributed by atoms with Crippen molar-refractivity contribution in [2.75, 3.05) is 5.73 Å². The van der Waals surface area contributed by atoms with E-state index in [0.717, 1.165) is 34.0 Å². The van der Waals surface area contributed by atoms with Gasteiger partial charge < -0.3 is 5.73 Å². The van der Waals surface area contributed by atoms with Crippen LogP contribution in [0.3, 0.4) is 0 Å². The molecule has 0 amide bonds. The van der Waals surface area contributed by atoms with Gasteiger partial charge in [-0.05, 0) is 64.1 Å². The number of nitrogen functional groups attached to an aromatic ring is 1. The minimum absolute atomic E-state index is 0.0335. The quantitative estimate of drug-likeness (QED) is 0.316. The zero-order chi connectivity index (χ0) is 23.6. The van der Waals surface area contributed by atoms with Crippen LogP contribution in [0, 0.1) is 0 Å². The summed E-state index contributed by atoms with van der Waals surface area (Å²) in [7, 11) is 0. The van der Waals surface area contributed by atoms with Crippen molar-refractivity contribution in [1.29, 1.82) is 0 Å². The molecule has 1 heterocycles. The van der Waals surface area contributed by atoms with E-state index in [0.29, 0.717) is 29.8 Å². The number of carbonyl (C=O) groups is 1. The number of hydrogen-bond donors (Lipinski definition) is 1. The number of benzene rings is 3. The van der Waals surface area contributed by atoms with Crippen LogP contribution in [-0.4, -0.2) is 10.8 Å². The largest absolute Gasteiger partial charge is 0.416 e. The van der Waals surface area contributed by atoms with E-state index < -0.39 is 11.7 Å². The number of alkyl halides is 3. The number of fused-ring (bicyclic) bond motifs is 1. The van der Waals surface area contributed by atoms with Gasteiger partial charge in [-0.1, -0.05) is 55.5 Å². The van der Waals surface area contributed by atoms with Crippen LogP contribution in [0.4, 0.5) is 19.0 Å². The molecule has 3 nitrogen and oxygen atoms in total. The maximum absolute atomic E-state index is 12.9. The van der Waals surface area contributed by atoms with E-state index in [1.54, 1.807) is 12.3 Å². The molecule has 0 unspecified atom stereocenters. The van der Waals surface area contributed by atoms with E-state index in [9.17, 15) is 18.0 Å². The van der Waals surface area contributed by atoms with Gasteiger partial charge in [0.05, 0.1) is 5.56 Å². The van der Waals surface area contributed by atoms with Crippen LogP contribution in [0.5, 0.6) is 0 Å². The molecule has 168 valence electrons. The summed E-state index contributed by atoms with van der Waals surface area (Å²) in [6, 6.07) is 20.0. The van der Waals surface area contributed by atoms with E-state index >= 15 is 0 Å². The molecule has 6 heteroatoms. The third kappa shape index (κ3) is 4.90. The van der Waals surface area contributed by atoms with Crippen molar-refractivity contribution in [2.45, 2.75) is 31.9 Å². The van der Waals surface area contributed by atoms with Crippen LogP contribution in [0.25, 0.3) is 21.9 Å². The maximum atomic E-state index is 12.9. The summed E-state index contributed by atoms with van der Waals surface area (Å²) >= 11 is 0. The molecule has 0 aliphatic carbocycles. The van der Waals surface area contributed by atoms with Crippen LogP contribution < -0.4 is 5.73 Å². The Kier molecular flexibility index (Phi) is 6.18. The molecule has 0 radical (unpaired) electrons. The lowest BCUT2D eigenvalue weighted by molar-refractivity contribution is -0.137. The fraction of sp³-hybridized carbons (Fsp3) is 0.185. The van der Waals surface area contributed by atoms with Crippen molar-refractivity contribution in [3.05, 3.63) is 95.7 Å². The van der Waals surface area contributed by atoms with E-state index in [2.05, 4.69) is 4.98 Å². The first-order valence-electron chi connectivity index (χ1n) is 10.7. The number of anilines is 1. The van der Waals surface area contributed by atoms with E-state index in [-0.39, 0.29) is 11.7 Å². The van der Waals surface area contributed by atoms with Crippen LogP contribution in [0.15, 0.2) is 79.0 Å². The second-order valence-electron chi connectivity index (χ2n) is 8.16. The number of nitrogens with two attached hydrogens (primary N) is 1. The normalized spacial score (nSPS) is 12.6. The molecule has 0 bridgehead atoms. The van der Waals surface area contributed by atoms with Gasteiger partial charge in [-0.25, -0.2) is 4.98 Å². The number of Topliss-reactive ketones (excluding diaryl/α,β-unsaturated/α-hetero) is 1. The number of halogens is 3. The zero-order valence-electron chi connectivity index (χ0n) is 18.1. The first-order chi connectivity index (χ1) is 15.7. The van der Waals surface area contributed by atoms with Crippen LogP contribution in [0.1, 0.15) is 47.2 Å². The standard InChI is InChI=1S/C27H23F3N2O/c1-17(22-6-3-15-32-26(22)31)7-14-25(33)20-10-13-24-19(16-20)4-2-5-23(24)18-8-11-21(12-9-18)27(28,29)30/h2-6,8-13,15-17H,7,14H2,1H3,(H2,31,32)/t17-/m0/s1. The second kappa shape index (κ2) is 9.06. The molecule has 0 aliphatic rings. The molecule has 0 saturated heterocycles. The number of nitrogens with zero attached hydrogens (tertiary/aromatic N) is 1. The van der Waals surface area contributed by atoms with Gasteiger partial charge in [0, 0.05) is 18.2 Å². The number of pyridine rings is 1. The molecule has 3 aromatic carbocycles. The Morgan fingerprint density at radius 2 is 1.76 bits per heavy atom. The van der Waals surface area contributed by atoms with E-state index in [1.165, 1.54) is 12.1 Å². The zero-order valence-corrected chi connectivity index (χ0v) is 18.1. The Bertz CT molecular complexity index is 1300. The molecule has 4 rings (SSSR count). The number of ketones is 1. The van der Waals surface area contributed by atoms with Crippen LogP contribution in [-0.2, 0) is 6.18 Å². The molecular formula is C27H23F3N2O. The van der Waals surface area contributed by atoms with Crippen molar-refractivity contribution in [2.24, 2.45) is 0 Å². The molecule has 1 aromatic heterocycles. The van der Waals surface area contributed by atoms with Crippen LogP contribution >= 0.6 is 0 Å². The number of aromatic nitrogens is 1. The molecular weight excluding hydrogens is 425 g/mol. The Morgan fingerprint density at radius 1 is 1.00 bits per heavy atom. The Hall–Kier alpha value is -3.67. The molecule has 0 fully saturated rings. The molecule has 2 N–H and O–H groups in total. The first kappa shape index (κ1) is 22.5. The van der Waals surface area contributed by atoms with Crippen LogP contribution in [0.2, 0.25) is 0 Å². The summed E-state index contributed by atoms with van der Waals surface area (Å²) in [5, 5.41) is 1.74. The van der Waals surface area contributed by atoms with Crippen molar-refractivity contribution >= 4 is 22.4 Å². The molecule has 4 aromatic rings. The lowest BCUT2D eigenvalue weighted by Crippen LogP contribution is -2.05. The topological polar surface area (TPSA) is 56.0 Å². The molecule has 33 heavy (non-hydrogen) atoms. The summed E-state index contributed by atoms with van der Waals surface area (Å²) in [6.45, 7) is 2.03. The van der Waals surface area contributed by atoms with Crippen molar-refractivity contribution in [1.82, 2.24) is 4.98 Å². The fourth-order valence-corrected chi connectivity index (χ4v) is 4.04. The van der Waals surface area contributed by atoms with Crippen molar-refractivity contribution < 1.29 is 18.0 Å². The number of rotatable bonds is 6. The van der Waals surface area contributed by atoms with Gasteiger partial charge in [-0.15, -0.1) is 0 Å². The minimum atomic E-state index is -4.37. The van der Waals surface area contributed by atoms with Gasteiger partial charge in [-0.2, -0.15) is 13.2 Å². The Labute approximate surface area is 190 Å². The van der Waals surface area contributed by atoms with Crippen molar-refractivity contribution in [3.63, 3.8) is 0 Å². The summed E-state index contributed by atoms with van der Waals surface area (Å²) < 4.78 is 38.6. The van der Waals surface area contributed by atoms with Gasteiger partial charge in [0.15, 0.2) is 5.78 Å². The van der Waals surface area contributed by atoms with E-state index in [1.807, 2.05) is 49.4 Å². The number of hydrogen-bond acceptors (Lipinski definition) is 3. The van der Waals surface area contributed by atoms with Gasteiger partial charge in [-0.3, -0.25) is 4.79 Å². The summed E-state index contributed by atoms with van der Waals surface area (Å²) in [5.74, 6) is 0.625. The molecule has 1 atom stereocenters. The third-order valence-electron chi connectivity index (χ3n) is 5.93. The highest BCUT2D eigenvalue weighted by Gasteiger charge is 2.30. The monoisotopic (exact) mass is 448 g/mol. The van der Waals surface area contributed by atoms with Crippen molar-refractivity contribution in [3.8, 4) is 11.1 Å². The lowest BCUT2D eigenvalue weighted by Gasteiger charge is -2.13. The van der Waals surface area contributed by atoms with Gasteiger partial charge in [0.25, 0.3) is 0 Å². The predicted octanol–water partition coefficient (Wildman–Crippen LogP) is 7.27. The average molecular weight is 448 g/mol. The minimum Gasteiger partial charge on any atom is -0.383 e. The van der Waals surface area contributed by atoms with E-state index in [4.69, 9.17) is 5.73 Å². The second-order valence-corrected chi connectivity index (χ2v) is 8.16. The predicted molar refractivity (Wildman–Crippen MR) is 125 cm³/mol. The van der Waals surface area contributed by atoms with Gasteiger partial charge in [0.1, 0.15) is 5.82 Å². The number of carbonyl (C=O) groups excluding carboxylic acids is 1. The highest BCUT2D eigenvalue weighted by Crippen LogP contribution is 2.34. The molecule has 0 saturated carbocycles. The average Bonchev–Trinajstić information content (AvgIpc) is 2.81. The van der Waals surface area contributed by atoms with Gasteiger partial charge >= 0.3 is 6.18 Å². The Morgan fingerprint density at radius 3 is 2.45 bits per heavy atom. The van der Waals surface area contributed by atoms with Gasteiger partial charge in [0.2, 0.25) is 0 Å².